The van der Waals surface area contributed by atoms with E-state index >= 15 is 0 Å². The molecule has 2 heterocycles. The second kappa shape index (κ2) is 9.12. The Kier molecular flexibility index (Phi) is 6.02. The fraction of sp³-hybridized carbons (Fsp3) is 0.269. The highest BCUT2D eigenvalue weighted by molar-refractivity contribution is 7.89. The first-order valence-corrected chi connectivity index (χ1v) is 12.8. The Labute approximate surface area is 199 Å². The first-order chi connectivity index (χ1) is 16.5. The van der Waals surface area contributed by atoms with Gasteiger partial charge in [-0.15, -0.1) is 0 Å². The van der Waals surface area contributed by atoms with Crippen LogP contribution in [-0.2, 0) is 14.8 Å². The minimum atomic E-state index is -3.75. The van der Waals surface area contributed by atoms with Crippen LogP contribution in [0.15, 0.2) is 71.6 Å². The van der Waals surface area contributed by atoms with Gasteiger partial charge < -0.3 is 14.8 Å². The maximum atomic E-state index is 13.6. The van der Waals surface area contributed by atoms with Gasteiger partial charge in [0.2, 0.25) is 15.9 Å². The average Bonchev–Trinajstić information content (AvgIpc) is 2.87. The number of rotatable bonds is 5. The molecule has 3 aromatic rings. The normalized spacial score (nSPS) is 16.1. The Balaban J connectivity index is 1.49. The van der Waals surface area contributed by atoms with E-state index in [1.54, 1.807) is 12.1 Å². The number of piperidine rings is 1. The molecule has 0 bridgehead atoms. The quantitative estimate of drug-likeness (QED) is 0.572. The number of sulfonamides is 1. The van der Waals surface area contributed by atoms with E-state index in [1.807, 2.05) is 48.5 Å². The molecule has 5 rings (SSSR count). The highest BCUT2D eigenvalue weighted by atomic mass is 32.2. The van der Waals surface area contributed by atoms with E-state index in [2.05, 4.69) is 5.32 Å². The molecule has 1 saturated heterocycles. The summed E-state index contributed by atoms with van der Waals surface area (Å²) in [6, 6.07) is 19.6. The number of fused-ring (bicyclic) bond motifs is 2. The third kappa shape index (κ3) is 4.03. The Bertz CT molecular complexity index is 1290. The van der Waals surface area contributed by atoms with Crippen molar-refractivity contribution in [1.82, 2.24) is 4.31 Å². The van der Waals surface area contributed by atoms with Crippen LogP contribution in [0.3, 0.4) is 0 Å². The zero-order valence-corrected chi connectivity index (χ0v) is 19.7. The molecule has 0 radical (unpaired) electrons. The number of carbonyl (C=O) groups excluding carboxylic acids is 1. The highest BCUT2D eigenvalue weighted by Crippen LogP contribution is 2.44. The zero-order chi connectivity index (χ0) is 23.7. The van der Waals surface area contributed by atoms with Gasteiger partial charge in [0, 0.05) is 29.9 Å². The number of ether oxygens (including phenoxy) is 2. The van der Waals surface area contributed by atoms with Crippen molar-refractivity contribution in [2.24, 2.45) is 0 Å². The van der Waals surface area contributed by atoms with Crippen LogP contribution in [-0.4, -0.2) is 38.8 Å². The molecule has 176 valence electrons. The maximum Gasteiger partial charge on any atom is 0.246 e. The van der Waals surface area contributed by atoms with Crippen LogP contribution >= 0.6 is 0 Å². The minimum absolute atomic E-state index is 0.0578. The van der Waals surface area contributed by atoms with Gasteiger partial charge in [0.15, 0.2) is 0 Å². The number of nitrogens with zero attached hydrogens (tertiary/aromatic N) is 1. The number of para-hydroxylation sites is 2. The smallest absolute Gasteiger partial charge is 0.246 e. The molecule has 8 heteroatoms. The summed E-state index contributed by atoms with van der Waals surface area (Å²) < 4.78 is 39.5. The number of hydrogen-bond donors (Lipinski definition) is 1. The van der Waals surface area contributed by atoms with E-state index in [-0.39, 0.29) is 16.6 Å². The van der Waals surface area contributed by atoms with Crippen LogP contribution in [0.5, 0.6) is 17.2 Å². The van der Waals surface area contributed by atoms with E-state index < -0.39 is 15.9 Å². The second-order valence-electron chi connectivity index (χ2n) is 8.43. The number of amides is 1. The summed E-state index contributed by atoms with van der Waals surface area (Å²) in [5, 5.41) is 2.93. The second-order valence-corrected chi connectivity index (χ2v) is 10.3. The lowest BCUT2D eigenvalue weighted by Gasteiger charge is -2.28. The van der Waals surface area contributed by atoms with Crippen molar-refractivity contribution in [3.8, 4) is 17.2 Å². The van der Waals surface area contributed by atoms with Crippen molar-refractivity contribution in [3.05, 3.63) is 77.9 Å². The molecule has 0 saturated carbocycles. The molecule has 0 aromatic heterocycles. The number of nitrogens with one attached hydrogen (secondary N) is 1. The van der Waals surface area contributed by atoms with E-state index in [0.29, 0.717) is 30.3 Å². The number of benzene rings is 3. The van der Waals surface area contributed by atoms with E-state index in [9.17, 15) is 13.2 Å². The van der Waals surface area contributed by atoms with Gasteiger partial charge in [-0.05, 0) is 43.2 Å². The lowest BCUT2D eigenvalue weighted by Crippen LogP contribution is -2.35. The Morgan fingerprint density at radius 3 is 2.18 bits per heavy atom. The first-order valence-electron chi connectivity index (χ1n) is 11.3. The lowest BCUT2D eigenvalue weighted by atomic mass is 9.87. The van der Waals surface area contributed by atoms with Crippen molar-refractivity contribution >= 4 is 21.6 Å². The van der Waals surface area contributed by atoms with Gasteiger partial charge >= 0.3 is 0 Å². The van der Waals surface area contributed by atoms with Crippen molar-refractivity contribution in [2.45, 2.75) is 30.1 Å². The number of carbonyl (C=O) groups is 1. The van der Waals surface area contributed by atoms with Gasteiger partial charge in [0.1, 0.15) is 22.1 Å². The SMILES string of the molecule is COc1ccc(NC(=O)C2c3ccccc3Oc3ccccc32)cc1S(=O)(=O)N1CCCCC1. The molecular formula is C26H26N2O5S. The molecule has 0 spiro atoms. The fourth-order valence-corrected chi connectivity index (χ4v) is 6.31. The van der Waals surface area contributed by atoms with E-state index in [4.69, 9.17) is 9.47 Å². The minimum Gasteiger partial charge on any atom is -0.495 e. The largest absolute Gasteiger partial charge is 0.495 e. The zero-order valence-electron chi connectivity index (χ0n) is 18.9. The van der Waals surface area contributed by atoms with Gasteiger partial charge in [0.25, 0.3) is 0 Å². The van der Waals surface area contributed by atoms with Gasteiger partial charge in [0.05, 0.1) is 13.0 Å². The molecule has 0 aliphatic carbocycles. The molecule has 1 fully saturated rings. The van der Waals surface area contributed by atoms with E-state index in [0.717, 1.165) is 30.4 Å². The van der Waals surface area contributed by atoms with Crippen LogP contribution in [0.1, 0.15) is 36.3 Å². The van der Waals surface area contributed by atoms with Crippen LogP contribution in [0.2, 0.25) is 0 Å². The average molecular weight is 479 g/mol. The van der Waals surface area contributed by atoms with Crippen molar-refractivity contribution in [1.29, 1.82) is 0 Å². The number of hydrogen-bond acceptors (Lipinski definition) is 5. The molecule has 34 heavy (non-hydrogen) atoms. The third-order valence-corrected chi connectivity index (χ3v) is 8.23. The van der Waals surface area contributed by atoms with Crippen LogP contribution in [0.4, 0.5) is 5.69 Å². The Hall–Kier alpha value is -3.36. The third-order valence-electron chi connectivity index (χ3n) is 6.31. The van der Waals surface area contributed by atoms with Crippen molar-refractivity contribution in [2.75, 3.05) is 25.5 Å². The predicted octanol–water partition coefficient (Wildman–Crippen LogP) is 4.75. The molecular weight excluding hydrogens is 452 g/mol. The summed E-state index contributed by atoms with van der Waals surface area (Å²) in [7, 11) is -2.31. The summed E-state index contributed by atoms with van der Waals surface area (Å²) >= 11 is 0. The topological polar surface area (TPSA) is 84.9 Å². The van der Waals surface area contributed by atoms with Crippen molar-refractivity contribution in [3.63, 3.8) is 0 Å². The van der Waals surface area contributed by atoms with Gasteiger partial charge in [-0.1, -0.05) is 42.8 Å². The molecule has 1 N–H and O–H groups in total. The summed E-state index contributed by atoms with van der Waals surface area (Å²) in [4.78, 5) is 13.6. The maximum absolute atomic E-state index is 13.6. The molecule has 0 unspecified atom stereocenters. The Morgan fingerprint density at radius 2 is 1.56 bits per heavy atom. The van der Waals surface area contributed by atoms with Gasteiger partial charge in [-0.25, -0.2) is 8.42 Å². The monoisotopic (exact) mass is 478 g/mol. The number of methoxy groups -OCH3 is 1. The van der Waals surface area contributed by atoms with Gasteiger partial charge in [-0.2, -0.15) is 4.31 Å². The first kappa shape index (κ1) is 22.4. The van der Waals surface area contributed by atoms with Crippen LogP contribution in [0.25, 0.3) is 0 Å². The Morgan fingerprint density at radius 1 is 0.941 bits per heavy atom. The summed E-state index contributed by atoms with van der Waals surface area (Å²) in [5.74, 6) is 0.652. The molecule has 2 aliphatic heterocycles. The summed E-state index contributed by atoms with van der Waals surface area (Å²) in [6.45, 7) is 0.968. The lowest BCUT2D eigenvalue weighted by molar-refractivity contribution is -0.116. The molecule has 3 aromatic carbocycles. The number of anilines is 1. The van der Waals surface area contributed by atoms with Crippen LogP contribution < -0.4 is 14.8 Å². The molecule has 7 nitrogen and oxygen atoms in total. The highest BCUT2D eigenvalue weighted by Gasteiger charge is 2.33. The van der Waals surface area contributed by atoms with Gasteiger partial charge in [-0.3, -0.25) is 4.79 Å². The van der Waals surface area contributed by atoms with Crippen molar-refractivity contribution < 1.29 is 22.7 Å². The van der Waals surface area contributed by atoms with Crippen LogP contribution in [0, 0.1) is 0 Å². The van der Waals surface area contributed by atoms with E-state index in [1.165, 1.54) is 17.5 Å². The predicted molar refractivity (Wildman–Crippen MR) is 129 cm³/mol. The molecule has 0 atom stereocenters. The summed E-state index contributed by atoms with van der Waals surface area (Å²) in [6.07, 6.45) is 2.69. The molecule has 1 amide bonds. The standard InChI is InChI=1S/C26H26N2O5S/c1-32-23-14-13-18(17-24(23)34(30,31)28-15-7-2-8-16-28)27-26(29)25-19-9-3-5-11-21(19)33-22-12-6-4-10-20(22)25/h3-6,9-14,17,25H,2,7-8,15-16H2,1H3,(H,27,29). The fourth-order valence-electron chi connectivity index (χ4n) is 4.61. The molecule has 2 aliphatic rings. The summed E-state index contributed by atoms with van der Waals surface area (Å²) in [5.41, 5.74) is 1.91.